The van der Waals surface area contributed by atoms with E-state index in [0.29, 0.717) is 30.2 Å². The van der Waals surface area contributed by atoms with Crippen molar-refractivity contribution in [1.29, 1.82) is 0 Å². The van der Waals surface area contributed by atoms with Crippen molar-refractivity contribution >= 4 is 5.91 Å². The van der Waals surface area contributed by atoms with E-state index >= 15 is 0 Å². The lowest BCUT2D eigenvalue weighted by Crippen LogP contribution is -2.26. The quantitative estimate of drug-likeness (QED) is 0.706. The van der Waals surface area contributed by atoms with Gasteiger partial charge in [0.25, 0.3) is 5.91 Å². The minimum atomic E-state index is -0.193. The predicted molar refractivity (Wildman–Crippen MR) is 98.1 cm³/mol. The fourth-order valence-corrected chi connectivity index (χ4v) is 2.67. The van der Waals surface area contributed by atoms with Gasteiger partial charge >= 0.3 is 0 Å². The van der Waals surface area contributed by atoms with Crippen molar-refractivity contribution in [1.82, 2.24) is 15.5 Å². The zero-order chi connectivity index (χ0) is 18.4. The molecule has 26 heavy (non-hydrogen) atoms. The molecule has 0 unspecified atom stereocenters. The maximum absolute atomic E-state index is 12.6. The molecule has 134 valence electrons. The Bertz CT molecular complexity index is 858. The maximum atomic E-state index is 12.6. The average molecular weight is 351 g/mol. The van der Waals surface area contributed by atoms with Crippen molar-refractivity contribution in [3.8, 4) is 17.0 Å². The van der Waals surface area contributed by atoms with Crippen molar-refractivity contribution < 1.29 is 14.1 Å². The topological polar surface area (TPSA) is 77.2 Å². The largest absolute Gasteiger partial charge is 0.494 e. The predicted octanol–water partition coefficient (Wildman–Crippen LogP) is 3.42. The van der Waals surface area contributed by atoms with Gasteiger partial charge in [-0.1, -0.05) is 17.3 Å². The summed E-state index contributed by atoms with van der Waals surface area (Å²) in [6.45, 7) is 4.86. The van der Waals surface area contributed by atoms with Crippen LogP contribution in [0.1, 0.15) is 28.6 Å². The van der Waals surface area contributed by atoms with E-state index in [1.807, 2.05) is 31.2 Å². The lowest BCUT2D eigenvalue weighted by atomic mass is 10.1. The first kappa shape index (κ1) is 17.7. The van der Waals surface area contributed by atoms with Crippen LogP contribution in [0.15, 0.2) is 53.3 Å². The Morgan fingerprint density at radius 2 is 1.88 bits per heavy atom. The fraction of sp³-hybridized carbons (Fsp3) is 0.250. The number of rotatable bonds is 7. The van der Waals surface area contributed by atoms with Crippen molar-refractivity contribution in [2.45, 2.75) is 20.3 Å². The van der Waals surface area contributed by atoms with E-state index in [1.165, 1.54) is 0 Å². The summed E-state index contributed by atoms with van der Waals surface area (Å²) >= 11 is 0. The molecule has 0 saturated carbocycles. The van der Waals surface area contributed by atoms with E-state index in [1.54, 1.807) is 31.5 Å². The zero-order valence-corrected chi connectivity index (χ0v) is 14.9. The van der Waals surface area contributed by atoms with Gasteiger partial charge in [0.05, 0.1) is 6.61 Å². The van der Waals surface area contributed by atoms with Crippen LogP contribution in [0.4, 0.5) is 0 Å². The number of nitrogens with one attached hydrogen (secondary N) is 1. The van der Waals surface area contributed by atoms with Crippen LogP contribution in [0.3, 0.4) is 0 Å². The Labute approximate surface area is 152 Å². The van der Waals surface area contributed by atoms with E-state index in [0.717, 1.165) is 23.3 Å². The molecule has 1 N–H and O–H groups in total. The van der Waals surface area contributed by atoms with Crippen LogP contribution in [0.2, 0.25) is 0 Å². The standard InChI is InChI=1S/C20H21N3O3/c1-3-25-17-6-4-15(5-7-17)8-13-22-20(24)18-14(2)26-23-19(18)16-9-11-21-12-10-16/h4-7,9-12H,3,8,13H2,1-2H3,(H,22,24). The second-order valence-corrected chi connectivity index (χ2v) is 5.78. The van der Waals surface area contributed by atoms with Gasteiger partial charge in [-0.25, -0.2) is 0 Å². The smallest absolute Gasteiger partial charge is 0.257 e. The first-order chi connectivity index (χ1) is 12.7. The van der Waals surface area contributed by atoms with E-state index in [2.05, 4.69) is 15.5 Å². The number of amides is 1. The number of benzene rings is 1. The van der Waals surface area contributed by atoms with Gasteiger partial charge in [0.15, 0.2) is 0 Å². The molecule has 6 heteroatoms. The van der Waals surface area contributed by atoms with Crippen molar-refractivity contribution in [3.63, 3.8) is 0 Å². The number of hydrogen-bond acceptors (Lipinski definition) is 5. The first-order valence-electron chi connectivity index (χ1n) is 8.55. The van der Waals surface area contributed by atoms with Crippen molar-refractivity contribution in [2.24, 2.45) is 0 Å². The van der Waals surface area contributed by atoms with Gasteiger partial charge in [0.1, 0.15) is 22.8 Å². The van der Waals surface area contributed by atoms with Crippen LogP contribution in [-0.2, 0) is 6.42 Å². The molecule has 0 atom stereocenters. The Balaban J connectivity index is 1.63. The molecular formula is C20H21N3O3. The number of aromatic nitrogens is 2. The molecule has 0 aliphatic rings. The second kappa shape index (κ2) is 8.29. The second-order valence-electron chi connectivity index (χ2n) is 5.78. The monoisotopic (exact) mass is 351 g/mol. The number of pyridine rings is 1. The number of carbonyl (C=O) groups excluding carboxylic acids is 1. The van der Waals surface area contributed by atoms with E-state index in [4.69, 9.17) is 9.26 Å². The van der Waals surface area contributed by atoms with Gasteiger partial charge in [-0.05, 0) is 50.1 Å². The summed E-state index contributed by atoms with van der Waals surface area (Å²) in [4.78, 5) is 16.6. The highest BCUT2D eigenvalue weighted by molar-refractivity contribution is 6.00. The molecule has 2 aromatic heterocycles. The molecule has 6 nitrogen and oxygen atoms in total. The van der Waals surface area contributed by atoms with E-state index in [9.17, 15) is 4.79 Å². The zero-order valence-electron chi connectivity index (χ0n) is 14.9. The van der Waals surface area contributed by atoms with Gasteiger partial charge < -0.3 is 14.6 Å². The summed E-state index contributed by atoms with van der Waals surface area (Å²) in [6, 6.07) is 11.5. The number of hydrogen-bond donors (Lipinski definition) is 1. The fourth-order valence-electron chi connectivity index (χ4n) is 2.67. The average Bonchev–Trinajstić information content (AvgIpc) is 3.06. The van der Waals surface area contributed by atoms with Gasteiger partial charge in [-0.15, -0.1) is 0 Å². The lowest BCUT2D eigenvalue weighted by Gasteiger charge is -2.07. The van der Waals surface area contributed by atoms with Gasteiger partial charge in [-0.3, -0.25) is 9.78 Å². The van der Waals surface area contributed by atoms with E-state index in [-0.39, 0.29) is 5.91 Å². The molecule has 0 aliphatic carbocycles. The number of carbonyl (C=O) groups is 1. The molecule has 1 amide bonds. The van der Waals surface area contributed by atoms with Crippen molar-refractivity contribution in [2.75, 3.05) is 13.2 Å². The molecule has 3 aromatic rings. The third-order valence-electron chi connectivity index (χ3n) is 3.98. The summed E-state index contributed by atoms with van der Waals surface area (Å²) in [5.74, 6) is 1.15. The highest BCUT2D eigenvalue weighted by atomic mass is 16.5. The summed E-state index contributed by atoms with van der Waals surface area (Å²) < 4.78 is 10.7. The highest BCUT2D eigenvalue weighted by Crippen LogP contribution is 2.24. The number of nitrogens with zero attached hydrogens (tertiary/aromatic N) is 2. The maximum Gasteiger partial charge on any atom is 0.257 e. The van der Waals surface area contributed by atoms with Gasteiger partial charge in [0.2, 0.25) is 0 Å². The lowest BCUT2D eigenvalue weighted by molar-refractivity contribution is 0.0953. The van der Waals surface area contributed by atoms with Crippen LogP contribution < -0.4 is 10.1 Å². The molecule has 0 spiro atoms. The van der Waals surface area contributed by atoms with Gasteiger partial charge in [-0.2, -0.15) is 0 Å². The molecule has 0 aliphatic heterocycles. The minimum Gasteiger partial charge on any atom is -0.494 e. The third kappa shape index (κ3) is 4.08. The Hall–Kier alpha value is -3.15. The highest BCUT2D eigenvalue weighted by Gasteiger charge is 2.21. The van der Waals surface area contributed by atoms with Gasteiger partial charge in [0, 0.05) is 24.5 Å². The van der Waals surface area contributed by atoms with E-state index < -0.39 is 0 Å². The summed E-state index contributed by atoms with van der Waals surface area (Å²) in [7, 11) is 0. The molecule has 0 radical (unpaired) electrons. The number of aryl methyl sites for hydroxylation is 1. The SMILES string of the molecule is CCOc1ccc(CCNC(=O)c2c(-c3ccncc3)noc2C)cc1. The number of ether oxygens (including phenoxy) is 1. The summed E-state index contributed by atoms with van der Waals surface area (Å²) in [6.07, 6.45) is 4.05. The molecule has 0 fully saturated rings. The van der Waals surface area contributed by atoms with Crippen LogP contribution in [0.25, 0.3) is 11.3 Å². The Morgan fingerprint density at radius 1 is 1.15 bits per heavy atom. The van der Waals surface area contributed by atoms with Crippen LogP contribution in [-0.4, -0.2) is 29.2 Å². The van der Waals surface area contributed by atoms with Crippen molar-refractivity contribution in [3.05, 3.63) is 65.7 Å². The molecule has 3 rings (SSSR count). The Morgan fingerprint density at radius 3 is 2.58 bits per heavy atom. The van der Waals surface area contributed by atoms with Crippen LogP contribution >= 0.6 is 0 Å². The van der Waals surface area contributed by atoms with Crippen LogP contribution in [0, 0.1) is 6.92 Å². The molecule has 0 bridgehead atoms. The Kier molecular flexibility index (Phi) is 5.63. The normalized spacial score (nSPS) is 10.5. The third-order valence-corrected chi connectivity index (χ3v) is 3.98. The molecule has 1 aromatic carbocycles. The molecule has 0 saturated heterocycles. The minimum absolute atomic E-state index is 0.193. The molecule has 2 heterocycles. The summed E-state index contributed by atoms with van der Waals surface area (Å²) in [5.41, 5.74) is 2.92. The molecular weight excluding hydrogens is 330 g/mol. The van der Waals surface area contributed by atoms with Crippen LogP contribution in [0.5, 0.6) is 5.75 Å². The summed E-state index contributed by atoms with van der Waals surface area (Å²) in [5, 5.41) is 6.96. The first-order valence-corrected chi connectivity index (χ1v) is 8.55.